The van der Waals surface area contributed by atoms with Crippen LogP contribution in [-0.2, 0) is 9.31 Å². The highest BCUT2D eigenvalue weighted by molar-refractivity contribution is 6.17. The molecule has 1 aliphatic rings. The van der Waals surface area contributed by atoms with E-state index in [2.05, 4.69) is 11.8 Å². The first kappa shape index (κ1) is 10.0. The largest absolute Gasteiger partial charge is 0.438 e. The van der Waals surface area contributed by atoms with Gasteiger partial charge in [-0.2, -0.15) is 0 Å². The van der Waals surface area contributed by atoms with Crippen molar-refractivity contribution in [1.82, 2.24) is 4.90 Å². The van der Waals surface area contributed by atoms with Crippen LogP contribution in [0.4, 0.5) is 0 Å². The maximum absolute atomic E-state index is 5.22. The van der Waals surface area contributed by atoms with Crippen LogP contribution < -0.4 is 0 Å². The minimum Gasteiger partial charge on any atom is -0.413 e. The zero-order valence-corrected chi connectivity index (χ0v) is 7.92. The fourth-order valence-corrected chi connectivity index (χ4v) is 1.28. The Morgan fingerprint density at radius 2 is 1.92 bits per heavy atom. The van der Waals surface area contributed by atoms with Crippen molar-refractivity contribution < 1.29 is 9.31 Å². The van der Waals surface area contributed by atoms with Crippen LogP contribution in [0.15, 0.2) is 0 Å². The van der Waals surface area contributed by atoms with Gasteiger partial charge in [-0.3, -0.25) is 4.90 Å². The maximum atomic E-state index is 5.22. The second kappa shape index (κ2) is 6.46. The molecule has 12 heavy (non-hydrogen) atoms. The van der Waals surface area contributed by atoms with E-state index in [1.807, 2.05) is 0 Å². The van der Waals surface area contributed by atoms with Crippen molar-refractivity contribution >= 4 is 7.69 Å². The molecule has 1 saturated heterocycles. The van der Waals surface area contributed by atoms with E-state index < -0.39 is 0 Å². The lowest BCUT2D eigenvalue weighted by Gasteiger charge is -2.24. The van der Waals surface area contributed by atoms with Gasteiger partial charge in [-0.15, -0.1) is 0 Å². The van der Waals surface area contributed by atoms with E-state index in [9.17, 15) is 0 Å². The molecule has 0 aromatic rings. The number of unbranched alkanes of at least 4 members (excludes halogenated alkanes) is 1. The molecule has 0 unspecified atom stereocenters. The summed E-state index contributed by atoms with van der Waals surface area (Å²) in [4.78, 5) is 2.41. The van der Waals surface area contributed by atoms with Crippen LogP contribution in [0.3, 0.4) is 0 Å². The summed E-state index contributed by atoms with van der Waals surface area (Å²) in [5, 5.41) is 0. The highest BCUT2D eigenvalue weighted by atomic mass is 16.6. The van der Waals surface area contributed by atoms with Crippen molar-refractivity contribution in [2.24, 2.45) is 0 Å². The van der Waals surface area contributed by atoms with E-state index in [4.69, 9.17) is 9.31 Å². The van der Waals surface area contributed by atoms with Crippen LogP contribution in [0.5, 0.6) is 0 Å². The third-order valence-electron chi connectivity index (χ3n) is 2.10. The molecule has 0 aliphatic carbocycles. The highest BCUT2D eigenvalue weighted by Crippen LogP contribution is 1.97. The van der Waals surface area contributed by atoms with Gasteiger partial charge in [-0.1, -0.05) is 13.3 Å². The number of rotatable bonds is 3. The minimum absolute atomic E-state index is 0.474. The Kier molecular flexibility index (Phi) is 5.40. The molecular formula is C8H18BNO2. The van der Waals surface area contributed by atoms with Gasteiger partial charge in [0.05, 0.1) is 0 Å². The van der Waals surface area contributed by atoms with E-state index in [1.165, 1.54) is 19.4 Å². The van der Waals surface area contributed by atoms with Gasteiger partial charge in [0.2, 0.25) is 0 Å². The summed E-state index contributed by atoms with van der Waals surface area (Å²) in [6.07, 6.45) is 2.54. The molecule has 1 rings (SSSR count). The Morgan fingerprint density at radius 3 is 2.50 bits per heavy atom. The zero-order chi connectivity index (χ0) is 8.65. The standard InChI is InChI=1S/C8H18BNO2/c1-2-3-4-10-5-7-11-9-12-8-6-10/h9H,2-8H2,1H3. The number of nitrogens with zero attached hydrogens (tertiary/aromatic N) is 1. The van der Waals surface area contributed by atoms with Gasteiger partial charge in [-0.05, 0) is 13.0 Å². The molecule has 0 aromatic heterocycles. The Balaban J connectivity index is 2.11. The third kappa shape index (κ3) is 4.09. The van der Waals surface area contributed by atoms with Crippen molar-refractivity contribution in [3.05, 3.63) is 0 Å². The van der Waals surface area contributed by atoms with E-state index >= 15 is 0 Å². The van der Waals surface area contributed by atoms with E-state index in [0.717, 1.165) is 26.3 Å². The van der Waals surface area contributed by atoms with Crippen LogP contribution in [0.1, 0.15) is 19.8 Å². The van der Waals surface area contributed by atoms with Crippen molar-refractivity contribution in [1.29, 1.82) is 0 Å². The van der Waals surface area contributed by atoms with E-state index in [1.54, 1.807) is 0 Å². The second-order valence-electron chi connectivity index (χ2n) is 3.13. The summed E-state index contributed by atoms with van der Waals surface area (Å²) in [7, 11) is 0.474. The topological polar surface area (TPSA) is 21.7 Å². The number of hydrogen-bond acceptors (Lipinski definition) is 3. The van der Waals surface area contributed by atoms with Gasteiger partial charge >= 0.3 is 7.69 Å². The molecule has 0 atom stereocenters. The van der Waals surface area contributed by atoms with E-state index in [-0.39, 0.29) is 0 Å². The quantitative estimate of drug-likeness (QED) is 0.573. The molecule has 0 N–H and O–H groups in total. The van der Waals surface area contributed by atoms with Gasteiger partial charge in [0.25, 0.3) is 0 Å². The Bertz CT molecular complexity index is 102. The van der Waals surface area contributed by atoms with Gasteiger partial charge in [0, 0.05) is 26.3 Å². The lowest BCUT2D eigenvalue weighted by molar-refractivity contribution is 0.124. The minimum atomic E-state index is 0.474. The van der Waals surface area contributed by atoms with E-state index in [0.29, 0.717) is 7.69 Å². The zero-order valence-electron chi connectivity index (χ0n) is 7.92. The van der Waals surface area contributed by atoms with Gasteiger partial charge < -0.3 is 9.31 Å². The van der Waals surface area contributed by atoms with Crippen molar-refractivity contribution in [3.8, 4) is 0 Å². The molecule has 0 radical (unpaired) electrons. The average molecular weight is 171 g/mol. The monoisotopic (exact) mass is 171 g/mol. The van der Waals surface area contributed by atoms with Gasteiger partial charge in [0.15, 0.2) is 0 Å². The normalized spacial score (nSPS) is 21.1. The molecule has 4 heteroatoms. The summed E-state index contributed by atoms with van der Waals surface area (Å²) in [6, 6.07) is 0. The highest BCUT2D eigenvalue weighted by Gasteiger charge is 2.07. The summed E-state index contributed by atoms with van der Waals surface area (Å²) in [5.41, 5.74) is 0. The molecule has 0 amide bonds. The Labute approximate surface area is 75.3 Å². The van der Waals surface area contributed by atoms with Gasteiger partial charge in [-0.25, -0.2) is 0 Å². The first-order valence-corrected chi connectivity index (χ1v) is 4.81. The molecular weight excluding hydrogens is 153 g/mol. The molecule has 0 aromatic carbocycles. The Hall–Kier alpha value is -0.0551. The summed E-state index contributed by atoms with van der Waals surface area (Å²) < 4.78 is 10.4. The first-order valence-electron chi connectivity index (χ1n) is 4.81. The molecule has 1 heterocycles. The molecule has 0 spiro atoms. The molecule has 1 aliphatic heterocycles. The summed E-state index contributed by atoms with van der Waals surface area (Å²) in [5.74, 6) is 0. The van der Waals surface area contributed by atoms with Crippen molar-refractivity contribution in [3.63, 3.8) is 0 Å². The average Bonchev–Trinajstić information content (AvgIpc) is 2.02. The van der Waals surface area contributed by atoms with Crippen LogP contribution in [0.2, 0.25) is 0 Å². The molecule has 70 valence electrons. The predicted molar refractivity (Wildman–Crippen MR) is 50.4 cm³/mol. The van der Waals surface area contributed by atoms with Crippen LogP contribution in [-0.4, -0.2) is 45.4 Å². The first-order chi connectivity index (χ1) is 5.93. The lowest BCUT2D eigenvalue weighted by Crippen LogP contribution is -2.35. The second-order valence-corrected chi connectivity index (χ2v) is 3.13. The maximum Gasteiger partial charge on any atom is 0.438 e. The van der Waals surface area contributed by atoms with Crippen LogP contribution >= 0.6 is 0 Å². The SMILES string of the molecule is CCCCN1CCOBOCC1. The molecule has 0 saturated carbocycles. The van der Waals surface area contributed by atoms with Crippen LogP contribution in [0.25, 0.3) is 0 Å². The van der Waals surface area contributed by atoms with Crippen LogP contribution in [0, 0.1) is 0 Å². The summed E-state index contributed by atoms with van der Waals surface area (Å²) >= 11 is 0. The lowest BCUT2D eigenvalue weighted by atomic mass is 10.3. The molecule has 3 nitrogen and oxygen atoms in total. The number of hydrogen-bond donors (Lipinski definition) is 0. The third-order valence-corrected chi connectivity index (χ3v) is 2.10. The van der Waals surface area contributed by atoms with Gasteiger partial charge in [0.1, 0.15) is 0 Å². The van der Waals surface area contributed by atoms with Crippen molar-refractivity contribution in [2.75, 3.05) is 32.8 Å². The smallest absolute Gasteiger partial charge is 0.413 e. The predicted octanol–water partition coefficient (Wildman–Crippen LogP) is 0.402. The molecule has 0 bridgehead atoms. The Morgan fingerprint density at radius 1 is 1.25 bits per heavy atom. The molecule has 1 fully saturated rings. The van der Waals surface area contributed by atoms with Crippen molar-refractivity contribution in [2.45, 2.75) is 19.8 Å². The fraction of sp³-hybridized carbons (Fsp3) is 1.00. The summed E-state index contributed by atoms with van der Waals surface area (Å²) in [6.45, 7) is 7.14. The fourth-order valence-electron chi connectivity index (χ4n) is 1.28.